The Morgan fingerprint density at radius 2 is 1.96 bits per heavy atom. The van der Waals surface area contributed by atoms with Gasteiger partial charge in [-0.15, -0.1) is 0 Å². The summed E-state index contributed by atoms with van der Waals surface area (Å²) in [5.41, 5.74) is 3.80. The van der Waals surface area contributed by atoms with Crippen molar-refractivity contribution in [3.63, 3.8) is 0 Å². The maximum Gasteiger partial charge on any atom is 0.332 e. The molecule has 150 valence electrons. The van der Waals surface area contributed by atoms with E-state index in [9.17, 15) is 23.6 Å². The number of ether oxygens (including phenoxy) is 1. The molecular formula is C18H19ClFN3O5. The number of carbonyl (C=O) groups is 2. The predicted octanol–water partition coefficient (Wildman–Crippen LogP) is 1.30. The summed E-state index contributed by atoms with van der Waals surface area (Å²) in [5, 5.41) is 0.0491. The topological polar surface area (TPSA) is 113 Å². The molecule has 1 aromatic heterocycles. The summed E-state index contributed by atoms with van der Waals surface area (Å²) in [6.45, 7) is 1.23. The number of anilines is 1. The Morgan fingerprint density at radius 3 is 2.57 bits per heavy atom. The summed E-state index contributed by atoms with van der Waals surface area (Å²) in [6.07, 6.45) is 0.0654. The first-order valence-corrected chi connectivity index (χ1v) is 8.77. The van der Waals surface area contributed by atoms with E-state index in [1.165, 1.54) is 19.2 Å². The average Bonchev–Trinajstić information content (AvgIpc) is 2.65. The number of rotatable bonds is 7. The molecule has 8 nitrogen and oxygen atoms in total. The molecule has 1 heterocycles. The maximum absolute atomic E-state index is 13.7. The van der Waals surface area contributed by atoms with Crippen LogP contribution in [0.5, 0.6) is 0 Å². The lowest BCUT2D eigenvalue weighted by Crippen LogP contribution is -2.43. The number of nitrogens with two attached hydrogens (primary N) is 1. The summed E-state index contributed by atoms with van der Waals surface area (Å²) in [5.74, 6) is -2.73. The van der Waals surface area contributed by atoms with Crippen LogP contribution in [0.25, 0.3) is 0 Å². The average molecular weight is 412 g/mol. The third-order valence-corrected chi connectivity index (χ3v) is 4.41. The van der Waals surface area contributed by atoms with Crippen molar-refractivity contribution in [3.05, 3.63) is 61.0 Å². The van der Waals surface area contributed by atoms with Gasteiger partial charge < -0.3 is 10.5 Å². The molecule has 0 radical (unpaired) electrons. The Labute approximate surface area is 164 Å². The Kier molecular flexibility index (Phi) is 6.74. The van der Waals surface area contributed by atoms with Crippen LogP contribution in [-0.4, -0.2) is 27.5 Å². The van der Waals surface area contributed by atoms with Crippen molar-refractivity contribution < 1.29 is 18.7 Å². The molecule has 28 heavy (non-hydrogen) atoms. The van der Waals surface area contributed by atoms with Crippen LogP contribution < -0.4 is 17.0 Å². The van der Waals surface area contributed by atoms with Crippen molar-refractivity contribution in [2.24, 2.45) is 7.05 Å². The first-order chi connectivity index (χ1) is 13.2. The van der Waals surface area contributed by atoms with Gasteiger partial charge in [-0.25, -0.2) is 9.18 Å². The van der Waals surface area contributed by atoms with E-state index in [0.717, 1.165) is 15.2 Å². The Balaban J connectivity index is 2.21. The number of nitrogen functional groups attached to an aromatic ring is 1. The van der Waals surface area contributed by atoms with E-state index >= 15 is 0 Å². The molecular weight excluding hydrogens is 393 g/mol. The number of halogens is 2. The van der Waals surface area contributed by atoms with Crippen molar-refractivity contribution in [1.82, 2.24) is 9.13 Å². The molecule has 0 aliphatic heterocycles. The summed E-state index contributed by atoms with van der Waals surface area (Å²) in [6, 6.07) is 3.95. The number of carbonyl (C=O) groups excluding carboxylic acids is 2. The van der Waals surface area contributed by atoms with Gasteiger partial charge in [-0.1, -0.05) is 24.6 Å². The van der Waals surface area contributed by atoms with Gasteiger partial charge in [0.05, 0.1) is 6.42 Å². The van der Waals surface area contributed by atoms with Gasteiger partial charge >= 0.3 is 11.7 Å². The van der Waals surface area contributed by atoms with Crippen LogP contribution in [0, 0.1) is 5.82 Å². The first kappa shape index (κ1) is 21.4. The number of Topliss-reactive ketones (excluding diaryl/α,β-unsaturated/α-hetero) is 1. The zero-order chi connectivity index (χ0) is 21.0. The number of ketones is 1. The smallest absolute Gasteiger partial charge is 0.332 e. The summed E-state index contributed by atoms with van der Waals surface area (Å²) in [7, 11) is 1.22. The zero-order valence-corrected chi connectivity index (χ0v) is 16.1. The van der Waals surface area contributed by atoms with E-state index in [0.29, 0.717) is 6.42 Å². The van der Waals surface area contributed by atoms with E-state index in [-0.39, 0.29) is 22.9 Å². The third kappa shape index (κ3) is 4.30. The van der Waals surface area contributed by atoms with Gasteiger partial charge in [0.15, 0.2) is 6.61 Å². The molecule has 1 aromatic carbocycles. The summed E-state index contributed by atoms with van der Waals surface area (Å²) < 4.78 is 20.4. The minimum Gasteiger partial charge on any atom is -0.457 e. The molecule has 0 unspecified atom stereocenters. The molecule has 2 aromatic rings. The number of nitrogens with zero attached hydrogens (tertiary/aromatic N) is 2. The van der Waals surface area contributed by atoms with Gasteiger partial charge in [0, 0.05) is 24.2 Å². The maximum atomic E-state index is 13.7. The molecule has 0 amide bonds. The van der Waals surface area contributed by atoms with Crippen molar-refractivity contribution in [2.75, 3.05) is 12.3 Å². The fourth-order valence-electron chi connectivity index (χ4n) is 2.60. The van der Waals surface area contributed by atoms with Crippen LogP contribution in [0.1, 0.15) is 29.3 Å². The van der Waals surface area contributed by atoms with E-state index in [4.69, 9.17) is 22.1 Å². The zero-order valence-electron chi connectivity index (χ0n) is 15.3. The highest BCUT2D eigenvalue weighted by Crippen LogP contribution is 2.19. The molecule has 0 bridgehead atoms. The minimum absolute atomic E-state index is 0.0491. The van der Waals surface area contributed by atoms with Crippen LogP contribution >= 0.6 is 11.6 Å². The molecule has 2 N–H and O–H groups in total. The number of esters is 1. The van der Waals surface area contributed by atoms with Crippen LogP contribution in [0.3, 0.4) is 0 Å². The predicted molar refractivity (Wildman–Crippen MR) is 101 cm³/mol. The van der Waals surface area contributed by atoms with Gasteiger partial charge in [0.1, 0.15) is 17.2 Å². The molecule has 0 spiro atoms. The fourth-order valence-corrected chi connectivity index (χ4v) is 2.83. The molecule has 0 aliphatic carbocycles. The highest BCUT2D eigenvalue weighted by atomic mass is 35.5. The molecule has 0 fully saturated rings. The lowest BCUT2D eigenvalue weighted by molar-refractivity contribution is -0.141. The Hall–Kier alpha value is -2.94. The fraction of sp³-hybridized carbons (Fsp3) is 0.333. The van der Waals surface area contributed by atoms with E-state index < -0.39 is 47.4 Å². The standard InChI is InChI=1S/C18H19ClFN3O5/c1-3-7-23-16(21)15(17(26)22(2)18(23)27)13(24)9-28-14(25)8-10-11(19)5-4-6-12(10)20/h4-6H,3,7-9,21H2,1-2H3. The normalized spacial score (nSPS) is 10.7. The van der Waals surface area contributed by atoms with Gasteiger partial charge in [-0.05, 0) is 18.6 Å². The SMILES string of the molecule is CCCn1c(N)c(C(=O)COC(=O)Cc2c(F)cccc2Cl)c(=O)n(C)c1=O. The number of aromatic nitrogens is 2. The van der Waals surface area contributed by atoms with Crippen molar-refractivity contribution in [1.29, 1.82) is 0 Å². The lowest BCUT2D eigenvalue weighted by Gasteiger charge is -2.14. The van der Waals surface area contributed by atoms with E-state index in [1.54, 1.807) is 6.92 Å². The van der Waals surface area contributed by atoms with Crippen LogP contribution in [0.2, 0.25) is 5.02 Å². The van der Waals surface area contributed by atoms with Crippen LogP contribution in [0.15, 0.2) is 27.8 Å². The number of benzene rings is 1. The summed E-state index contributed by atoms with van der Waals surface area (Å²) >= 11 is 5.85. The van der Waals surface area contributed by atoms with Crippen LogP contribution in [-0.2, 0) is 29.5 Å². The number of hydrogen-bond donors (Lipinski definition) is 1. The first-order valence-electron chi connectivity index (χ1n) is 8.40. The molecule has 0 atom stereocenters. The Bertz CT molecular complexity index is 1020. The minimum atomic E-state index is -0.905. The number of hydrogen-bond acceptors (Lipinski definition) is 6. The lowest BCUT2D eigenvalue weighted by atomic mass is 10.1. The van der Waals surface area contributed by atoms with Gasteiger partial charge in [-0.3, -0.25) is 23.5 Å². The van der Waals surface area contributed by atoms with Crippen LogP contribution in [0.4, 0.5) is 10.2 Å². The Morgan fingerprint density at radius 1 is 1.29 bits per heavy atom. The molecule has 0 saturated heterocycles. The van der Waals surface area contributed by atoms with Crippen molar-refractivity contribution in [3.8, 4) is 0 Å². The van der Waals surface area contributed by atoms with E-state index in [1.807, 2.05) is 0 Å². The molecule has 0 aliphatic rings. The quantitative estimate of drug-likeness (QED) is 0.542. The molecule has 0 saturated carbocycles. The summed E-state index contributed by atoms with van der Waals surface area (Å²) in [4.78, 5) is 48.7. The van der Waals surface area contributed by atoms with E-state index in [2.05, 4.69) is 0 Å². The highest BCUT2D eigenvalue weighted by molar-refractivity contribution is 6.31. The van der Waals surface area contributed by atoms with Crippen molar-refractivity contribution >= 4 is 29.2 Å². The monoisotopic (exact) mass is 411 g/mol. The third-order valence-electron chi connectivity index (χ3n) is 4.06. The second kappa shape index (κ2) is 8.83. The second-order valence-corrected chi connectivity index (χ2v) is 6.43. The van der Waals surface area contributed by atoms with Gasteiger partial charge in [0.2, 0.25) is 5.78 Å². The van der Waals surface area contributed by atoms with Gasteiger partial charge in [-0.2, -0.15) is 0 Å². The molecule has 10 heteroatoms. The molecule has 2 rings (SSSR count). The highest BCUT2D eigenvalue weighted by Gasteiger charge is 2.23. The van der Waals surface area contributed by atoms with Crippen molar-refractivity contribution in [2.45, 2.75) is 26.3 Å². The largest absolute Gasteiger partial charge is 0.457 e. The second-order valence-electron chi connectivity index (χ2n) is 6.02. The van der Waals surface area contributed by atoms with Gasteiger partial charge in [0.25, 0.3) is 5.56 Å².